The van der Waals surface area contributed by atoms with Crippen LogP contribution in [-0.4, -0.2) is 19.5 Å². The number of benzene rings is 7. The van der Waals surface area contributed by atoms with Crippen molar-refractivity contribution in [2.24, 2.45) is 0 Å². The second-order valence-corrected chi connectivity index (χ2v) is 12.0. The molecule has 0 bridgehead atoms. The van der Waals surface area contributed by atoms with Crippen molar-refractivity contribution in [3.05, 3.63) is 158 Å². The van der Waals surface area contributed by atoms with Gasteiger partial charge in [-0.1, -0.05) is 127 Å². The summed E-state index contributed by atoms with van der Waals surface area (Å²) in [5.41, 5.74) is 7.91. The van der Waals surface area contributed by atoms with E-state index in [0.29, 0.717) is 17.6 Å². The lowest BCUT2D eigenvalue weighted by Crippen LogP contribution is -2.06. The van der Waals surface area contributed by atoms with E-state index in [2.05, 4.69) is 108 Å². The van der Waals surface area contributed by atoms with Gasteiger partial charge in [0.1, 0.15) is 11.2 Å². The van der Waals surface area contributed by atoms with Crippen LogP contribution in [0.3, 0.4) is 0 Å². The fourth-order valence-corrected chi connectivity index (χ4v) is 7.04. The van der Waals surface area contributed by atoms with E-state index in [-0.39, 0.29) is 0 Å². The monoisotopic (exact) mass is 614 g/mol. The highest BCUT2D eigenvalue weighted by atomic mass is 16.3. The first-order valence-corrected chi connectivity index (χ1v) is 16.0. The minimum atomic E-state index is 0.561. The number of hydrogen-bond donors (Lipinski definition) is 0. The molecule has 0 spiro atoms. The Morgan fingerprint density at radius 2 is 1.15 bits per heavy atom. The van der Waals surface area contributed by atoms with Crippen LogP contribution in [0.25, 0.3) is 94.4 Å². The van der Waals surface area contributed by atoms with Crippen molar-refractivity contribution in [2.45, 2.75) is 0 Å². The van der Waals surface area contributed by atoms with Crippen LogP contribution in [0.5, 0.6) is 0 Å². The van der Waals surface area contributed by atoms with Gasteiger partial charge in [-0.2, -0.15) is 9.97 Å². The quantitative estimate of drug-likeness (QED) is 0.198. The number of aromatic nitrogens is 4. The molecule has 0 saturated carbocycles. The van der Waals surface area contributed by atoms with Gasteiger partial charge in [0.2, 0.25) is 5.95 Å². The van der Waals surface area contributed by atoms with Crippen molar-refractivity contribution >= 4 is 54.5 Å². The fraction of sp³-hybridized carbons (Fsp3) is 0. The molecule has 0 aliphatic heterocycles. The molecule has 0 atom stereocenters. The van der Waals surface area contributed by atoms with Gasteiger partial charge in [0.25, 0.3) is 0 Å². The van der Waals surface area contributed by atoms with E-state index >= 15 is 0 Å². The van der Waals surface area contributed by atoms with Gasteiger partial charge in [-0.15, -0.1) is 0 Å². The van der Waals surface area contributed by atoms with Crippen LogP contribution in [0.2, 0.25) is 0 Å². The summed E-state index contributed by atoms with van der Waals surface area (Å²) in [5, 5.41) is 6.49. The molecule has 0 unspecified atom stereocenters. The molecular formula is C43H26N4O. The van der Waals surface area contributed by atoms with Gasteiger partial charge >= 0.3 is 0 Å². The molecule has 0 amide bonds. The topological polar surface area (TPSA) is 56.7 Å². The van der Waals surface area contributed by atoms with Gasteiger partial charge in [0.15, 0.2) is 11.6 Å². The van der Waals surface area contributed by atoms with Gasteiger partial charge in [-0.05, 0) is 46.8 Å². The Balaban J connectivity index is 1.28. The fourth-order valence-electron chi connectivity index (χ4n) is 7.04. The molecule has 7 aromatic carbocycles. The van der Waals surface area contributed by atoms with Crippen molar-refractivity contribution in [1.29, 1.82) is 0 Å². The number of para-hydroxylation sites is 2. The maximum absolute atomic E-state index is 6.53. The summed E-state index contributed by atoms with van der Waals surface area (Å²) < 4.78 is 8.70. The second-order valence-electron chi connectivity index (χ2n) is 12.0. The zero-order valence-electron chi connectivity index (χ0n) is 25.7. The number of furan rings is 1. The molecule has 10 rings (SSSR count). The lowest BCUT2D eigenvalue weighted by Gasteiger charge is -2.12. The summed E-state index contributed by atoms with van der Waals surface area (Å²) in [4.78, 5) is 15.5. The van der Waals surface area contributed by atoms with E-state index in [1.165, 1.54) is 5.56 Å². The highest BCUT2D eigenvalue weighted by molar-refractivity contribution is 6.18. The minimum Gasteiger partial charge on any atom is -0.455 e. The summed E-state index contributed by atoms with van der Waals surface area (Å²) in [6.45, 7) is 0. The molecule has 0 fully saturated rings. The lowest BCUT2D eigenvalue weighted by molar-refractivity contribution is 0.672. The van der Waals surface area contributed by atoms with E-state index < -0.39 is 0 Å². The number of rotatable bonds is 4. The van der Waals surface area contributed by atoms with Crippen LogP contribution < -0.4 is 0 Å². The van der Waals surface area contributed by atoms with Crippen molar-refractivity contribution < 1.29 is 4.42 Å². The largest absolute Gasteiger partial charge is 0.455 e. The summed E-state index contributed by atoms with van der Waals surface area (Å²) >= 11 is 0. The van der Waals surface area contributed by atoms with E-state index in [9.17, 15) is 0 Å². The second kappa shape index (κ2) is 10.5. The lowest BCUT2D eigenvalue weighted by atomic mass is 10.0. The Hall–Kier alpha value is -6.59. The third-order valence-corrected chi connectivity index (χ3v) is 9.26. The summed E-state index contributed by atoms with van der Waals surface area (Å²) in [6.07, 6.45) is 0. The molecule has 5 nitrogen and oxygen atoms in total. The predicted molar refractivity (Wildman–Crippen MR) is 195 cm³/mol. The summed E-state index contributed by atoms with van der Waals surface area (Å²) in [7, 11) is 0. The Kier molecular flexibility index (Phi) is 5.81. The number of fused-ring (bicyclic) bond motifs is 8. The van der Waals surface area contributed by atoms with E-state index in [0.717, 1.165) is 71.2 Å². The van der Waals surface area contributed by atoms with E-state index in [1.807, 2.05) is 54.6 Å². The first kappa shape index (κ1) is 26.6. The molecule has 0 radical (unpaired) electrons. The Bertz CT molecular complexity index is 2830. The van der Waals surface area contributed by atoms with Gasteiger partial charge < -0.3 is 4.42 Å². The summed E-state index contributed by atoms with van der Waals surface area (Å²) in [5.74, 6) is 1.76. The van der Waals surface area contributed by atoms with Gasteiger partial charge in [0.05, 0.1) is 11.0 Å². The molecule has 0 aliphatic rings. The molecule has 48 heavy (non-hydrogen) atoms. The highest BCUT2D eigenvalue weighted by Gasteiger charge is 2.21. The molecule has 0 aliphatic carbocycles. The molecule has 224 valence electrons. The van der Waals surface area contributed by atoms with Crippen LogP contribution in [0.4, 0.5) is 0 Å². The molecule has 3 aromatic heterocycles. The Morgan fingerprint density at radius 3 is 2.00 bits per heavy atom. The molecule has 10 aromatic rings. The number of nitrogens with zero attached hydrogens (tertiary/aromatic N) is 4. The van der Waals surface area contributed by atoms with Gasteiger partial charge in [-0.25, -0.2) is 4.98 Å². The maximum atomic E-state index is 6.53. The standard InChI is InChI=1S/C43H26N4O/c1-3-12-27(13-4-1)30-23-25-37-35(26-30)31-17-7-9-20-36(31)47(37)43-45-41(29-14-5-2-6-15-29)44-42(46-43)34-19-11-16-28-22-24-33-32-18-8-10-21-38(32)48-40(33)39(28)34/h1-26H. The molecule has 3 heterocycles. The average Bonchev–Trinajstić information content (AvgIpc) is 3.71. The zero-order valence-corrected chi connectivity index (χ0v) is 25.7. The predicted octanol–water partition coefficient (Wildman–Crippen LogP) is 11.0. The SMILES string of the molecule is c1ccc(-c2ccc3c(c2)c2ccccc2n3-c2nc(-c3ccccc3)nc(-c3cccc4ccc5c6ccccc6oc5c34)n2)cc1. The Labute approximate surface area is 275 Å². The normalized spacial score (nSPS) is 11.8. The van der Waals surface area contributed by atoms with Crippen LogP contribution in [-0.2, 0) is 0 Å². The molecular weight excluding hydrogens is 589 g/mol. The van der Waals surface area contributed by atoms with E-state index in [1.54, 1.807) is 0 Å². The molecule has 0 N–H and O–H groups in total. The van der Waals surface area contributed by atoms with Crippen LogP contribution >= 0.6 is 0 Å². The van der Waals surface area contributed by atoms with Gasteiger partial charge in [0, 0.05) is 38.1 Å². The Morgan fingerprint density at radius 1 is 0.438 bits per heavy atom. The smallest absolute Gasteiger partial charge is 0.238 e. The third kappa shape index (κ3) is 4.08. The maximum Gasteiger partial charge on any atom is 0.238 e. The zero-order chi connectivity index (χ0) is 31.6. The van der Waals surface area contributed by atoms with Crippen molar-refractivity contribution in [1.82, 2.24) is 19.5 Å². The summed E-state index contributed by atoms with van der Waals surface area (Å²) in [6, 6.07) is 54.4. The minimum absolute atomic E-state index is 0.561. The van der Waals surface area contributed by atoms with Crippen LogP contribution in [0, 0.1) is 0 Å². The first-order valence-electron chi connectivity index (χ1n) is 16.0. The highest BCUT2D eigenvalue weighted by Crippen LogP contribution is 2.39. The number of hydrogen-bond acceptors (Lipinski definition) is 4. The van der Waals surface area contributed by atoms with Crippen LogP contribution in [0.1, 0.15) is 0 Å². The third-order valence-electron chi connectivity index (χ3n) is 9.26. The average molecular weight is 615 g/mol. The van der Waals surface area contributed by atoms with Crippen molar-refractivity contribution in [3.63, 3.8) is 0 Å². The molecule has 0 saturated heterocycles. The van der Waals surface area contributed by atoms with Crippen LogP contribution in [0.15, 0.2) is 162 Å². The van der Waals surface area contributed by atoms with Gasteiger partial charge in [-0.3, -0.25) is 4.57 Å². The van der Waals surface area contributed by atoms with Crippen molar-refractivity contribution in [3.8, 4) is 39.9 Å². The van der Waals surface area contributed by atoms with Crippen molar-refractivity contribution in [2.75, 3.05) is 0 Å². The first-order chi connectivity index (χ1) is 23.8. The van der Waals surface area contributed by atoms with E-state index in [4.69, 9.17) is 19.4 Å². The molecule has 5 heteroatoms.